The number of aliphatic hydroxyl groups is 1. The van der Waals surface area contributed by atoms with Crippen LogP contribution in [0.1, 0.15) is 42.1 Å². The maximum atomic E-state index is 13.8. The van der Waals surface area contributed by atoms with Crippen molar-refractivity contribution in [3.05, 3.63) is 112 Å². The Morgan fingerprint density at radius 1 is 1.10 bits per heavy atom. The molecule has 9 heteroatoms. The number of aryl methyl sites for hydroxylation is 1. The van der Waals surface area contributed by atoms with Crippen LogP contribution >= 0.6 is 23.2 Å². The predicted octanol–water partition coefficient (Wildman–Crippen LogP) is 5.84. The minimum absolute atomic E-state index is 0.0622. The molecule has 3 aromatic carbocycles. The van der Waals surface area contributed by atoms with E-state index in [1.165, 1.54) is 5.56 Å². The van der Waals surface area contributed by atoms with Gasteiger partial charge < -0.3 is 14.6 Å². The fourth-order valence-electron chi connectivity index (χ4n) is 4.50. The lowest BCUT2D eigenvalue weighted by Crippen LogP contribution is -2.52. The number of halogens is 2. The molecule has 1 aliphatic rings. The number of nitrogens with one attached hydrogen (secondary N) is 2. The summed E-state index contributed by atoms with van der Waals surface area (Å²) in [7, 11) is 0. The van der Waals surface area contributed by atoms with E-state index in [1.807, 2.05) is 30.3 Å². The van der Waals surface area contributed by atoms with Crippen molar-refractivity contribution in [3.8, 4) is 5.75 Å². The predicted molar refractivity (Wildman–Crippen MR) is 159 cm³/mol. The fourth-order valence-corrected chi connectivity index (χ4v) is 5.01. The Labute approximate surface area is 244 Å². The van der Waals surface area contributed by atoms with E-state index >= 15 is 0 Å². The van der Waals surface area contributed by atoms with Crippen LogP contribution in [0.4, 0.5) is 0 Å². The first-order valence-corrected chi connectivity index (χ1v) is 14.0. The number of hydrogen-bond donors (Lipinski definition) is 3. The number of hydrazine groups is 1. The maximum absolute atomic E-state index is 13.8. The highest BCUT2D eigenvalue weighted by Gasteiger charge is 2.53. The molecule has 0 fully saturated rings. The van der Waals surface area contributed by atoms with Gasteiger partial charge in [0.15, 0.2) is 11.6 Å². The van der Waals surface area contributed by atoms with Gasteiger partial charge in [0.1, 0.15) is 5.75 Å². The number of carbonyl (C=O) groups excluding carboxylic acids is 1. The highest BCUT2D eigenvalue weighted by Crippen LogP contribution is 2.45. The lowest BCUT2D eigenvalue weighted by Gasteiger charge is -2.30. The number of rotatable bonds is 14. The molecule has 4 rings (SSSR count). The van der Waals surface area contributed by atoms with Gasteiger partial charge in [0.25, 0.3) is 5.91 Å². The average molecular weight is 583 g/mol. The van der Waals surface area contributed by atoms with Crippen molar-refractivity contribution >= 4 is 35.0 Å². The first kappa shape index (κ1) is 29.6. The van der Waals surface area contributed by atoms with Crippen LogP contribution in [0.15, 0.2) is 90.4 Å². The van der Waals surface area contributed by atoms with Gasteiger partial charge in [-0.05, 0) is 54.8 Å². The number of aliphatic hydroxyl groups excluding tert-OH is 1. The molecule has 3 N–H and O–H groups in total. The molecule has 1 heterocycles. The monoisotopic (exact) mass is 581 g/mol. The Morgan fingerprint density at radius 2 is 1.88 bits per heavy atom. The minimum Gasteiger partial charge on any atom is -0.494 e. The number of hydrogen-bond acceptors (Lipinski definition) is 6. The third kappa shape index (κ3) is 7.23. The average Bonchev–Trinajstić information content (AvgIpc) is 3.34. The molecule has 3 aromatic rings. The van der Waals surface area contributed by atoms with Gasteiger partial charge in [-0.15, -0.1) is 6.58 Å². The second kappa shape index (κ2) is 14.3. The zero-order valence-corrected chi connectivity index (χ0v) is 23.6. The molecule has 2 atom stereocenters. The van der Waals surface area contributed by atoms with E-state index in [0.717, 1.165) is 12.8 Å². The summed E-state index contributed by atoms with van der Waals surface area (Å²) in [4.78, 5) is 18.7. The molecule has 1 amide bonds. The third-order valence-electron chi connectivity index (χ3n) is 6.54. The second-order valence-electron chi connectivity index (χ2n) is 9.42. The van der Waals surface area contributed by atoms with E-state index in [-0.39, 0.29) is 18.9 Å². The highest BCUT2D eigenvalue weighted by atomic mass is 35.5. The summed E-state index contributed by atoms with van der Waals surface area (Å²) in [5.74, 6) is 0.601. The van der Waals surface area contributed by atoms with Crippen LogP contribution in [0.2, 0.25) is 10.0 Å². The van der Waals surface area contributed by atoms with Gasteiger partial charge in [-0.25, -0.2) is 10.4 Å². The first-order chi connectivity index (χ1) is 19.5. The molecule has 0 saturated heterocycles. The van der Waals surface area contributed by atoms with Gasteiger partial charge in [-0.2, -0.15) is 0 Å². The van der Waals surface area contributed by atoms with Gasteiger partial charge in [0, 0.05) is 47.2 Å². The lowest BCUT2D eigenvalue weighted by molar-refractivity contribution is -0.129. The number of aliphatic imine (C=N–C) groups is 1. The Morgan fingerprint density at radius 3 is 2.58 bits per heavy atom. The first-order valence-electron chi connectivity index (χ1n) is 13.2. The van der Waals surface area contributed by atoms with Crippen LogP contribution in [0.3, 0.4) is 0 Å². The normalized spacial score (nSPS) is 18.1. The molecular weight excluding hydrogens is 549 g/mol. The van der Waals surface area contributed by atoms with Gasteiger partial charge in [-0.3, -0.25) is 10.2 Å². The van der Waals surface area contributed by atoms with Crippen molar-refractivity contribution in [2.75, 3.05) is 19.8 Å². The van der Waals surface area contributed by atoms with Crippen molar-refractivity contribution in [1.29, 1.82) is 0 Å². The molecule has 0 unspecified atom stereocenters. The maximum Gasteiger partial charge on any atom is 0.266 e. The van der Waals surface area contributed by atoms with E-state index in [0.29, 0.717) is 52.4 Å². The smallest absolute Gasteiger partial charge is 0.266 e. The minimum atomic E-state index is -1.36. The molecule has 0 bridgehead atoms. The molecule has 40 heavy (non-hydrogen) atoms. The van der Waals surface area contributed by atoms with Crippen LogP contribution in [-0.4, -0.2) is 42.2 Å². The van der Waals surface area contributed by atoms with E-state index in [2.05, 4.69) is 29.6 Å². The van der Waals surface area contributed by atoms with Gasteiger partial charge in [0.05, 0.1) is 6.61 Å². The zero-order chi connectivity index (χ0) is 28.4. The second-order valence-corrected chi connectivity index (χ2v) is 10.3. The molecule has 0 radical (unpaired) electrons. The van der Waals surface area contributed by atoms with Crippen molar-refractivity contribution in [3.63, 3.8) is 0 Å². The van der Waals surface area contributed by atoms with E-state index in [4.69, 9.17) is 42.8 Å². The zero-order valence-electron chi connectivity index (χ0n) is 22.1. The van der Waals surface area contributed by atoms with Crippen LogP contribution in [0.5, 0.6) is 5.75 Å². The largest absolute Gasteiger partial charge is 0.494 e. The van der Waals surface area contributed by atoms with E-state index in [9.17, 15) is 4.79 Å². The SMILES string of the molecule is C=CC[C@]1(C(=O)NNCCCc2ccccc2)N=C(c2ccc(OCCCO)cc2)O[C@H]1c1ccc(Cl)cc1Cl. The van der Waals surface area contributed by atoms with Crippen molar-refractivity contribution in [1.82, 2.24) is 10.9 Å². The van der Waals surface area contributed by atoms with Crippen molar-refractivity contribution in [2.45, 2.75) is 37.3 Å². The van der Waals surface area contributed by atoms with E-state index < -0.39 is 11.6 Å². The Bertz CT molecular complexity index is 1320. The number of nitrogens with zero attached hydrogens (tertiary/aromatic N) is 1. The summed E-state index contributed by atoms with van der Waals surface area (Å²) < 4.78 is 12.0. The molecule has 210 valence electrons. The van der Waals surface area contributed by atoms with Crippen LogP contribution < -0.4 is 15.6 Å². The number of ether oxygens (including phenoxy) is 2. The molecule has 7 nitrogen and oxygen atoms in total. The topological polar surface area (TPSA) is 92.2 Å². The van der Waals surface area contributed by atoms with Gasteiger partial charge in [0.2, 0.25) is 5.90 Å². The lowest BCUT2D eigenvalue weighted by atomic mass is 9.84. The molecule has 0 spiro atoms. The van der Waals surface area contributed by atoms with Crippen LogP contribution in [0.25, 0.3) is 0 Å². The molecule has 0 aliphatic carbocycles. The number of carbonyl (C=O) groups is 1. The molecular formula is C31H33Cl2N3O4. The van der Waals surface area contributed by atoms with Crippen molar-refractivity contribution < 1.29 is 19.4 Å². The molecule has 0 aromatic heterocycles. The molecule has 0 saturated carbocycles. The summed E-state index contributed by atoms with van der Waals surface area (Å²) >= 11 is 12.8. The van der Waals surface area contributed by atoms with Gasteiger partial charge in [-0.1, -0.05) is 65.7 Å². The Balaban J connectivity index is 1.56. The summed E-state index contributed by atoms with van der Waals surface area (Å²) in [6, 6.07) is 22.5. The quantitative estimate of drug-likeness (QED) is 0.126. The summed E-state index contributed by atoms with van der Waals surface area (Å²) in [6.07, 6.45) is 3.30. The van der Waals surface area contributed by atoms with Crippen LogP contribution in [-0.2, 0) is 16.0 Å². The van der Waals surface area contributed by atoms with Crippen LogP contribution in [0, 0.1) is 0 Å². The Kier molecular flexibility index (Phi) is 10.6. The molecule has 1 aliphatic heterocycles. The van der Waals surface area contributed by atoms with E-state index in [1.54, 1.807) is 36.4 Å². The number of amides is 1. The summed E-state index contributed by atoms with van der Waals surface area (Å²) in [6.45, 7) is 4.94. The van der Waals surface area contributed by atoms with Gasteiger partial charge >= 0.3 is 0 Å². The summed E-state index contributed by atoms with van der Waals surface area (Å²) in [5, 5.41) is 9.83. The summed E-state index contributed by atoms with van der Waals surface area (Å²) in [5.41, 5.74) is 7.04. The fraction of sp³-hybridized carbons (Fsp3) is 0.290. The van der Waals surface area contributed by atoms with Crippen molar-refractivity contribution in [2.24, 2.45) is 4.99 Å². The highest BCUT2D eigenvalue weighted by molar-refractivity contribution is 6.35. The standard InChI is InChI=1S/C31H33Cl2N3O4/c1-2-17-31(30(38)36-34-18-6-10-22-8-4-3-5-9-22)28(26-16-13-24(32)21-27(26)33)40-29(35-31)23-11-14-25(15-12-23)39-20-7-19-37/h2-5,8-9,11-16,21,28,34,37H,1,6-7,10,17-20H2,(H,36,38)/t28-,31-/m0/s1. The number of benzene rings is 3. The third-order valence-corrected chi connectivity index (χ3v) is 7.10. The Hall–Kier alpha value is -3.36.